The molecule has 4 nitrogen and oxygen atoms in total. The number of rotatable bonds is 5. The van der Waals surface area contributed by atoms with E-state index in [4.69, 9.17) is 11.6 Å². The molecule has 27 heavy (non-hydrogen) atoms. The second-order valence-electron chi connectivity index (χ2n) is 7.55. The lowest BCUT2D eigenvalue weighted by atomic mass is 10.0. The van der Waals surface area contributed by atoms with Crippen LogP contribution in [0.25, 0.3) is 0 Å². The molecule has 1 saturated heterocycles. The molecule has 2 aromatic rings. The smallest absolute Gasteiger partial charge is 0.243 e. The van der Waals surface area contributed by atoms with Crippen LogP contribution < -0.4 is 0 Å². The SMILES string of the molecule is Cc1c(Cl)cccc1S(=O)(=O)N1CCN(C2CC2)CC1Cc1ccccc1. The zero-order chi connectivity index (χ0) is 19.0. The van der Waals surface area contributed by atoms with E-state index in [9.17, 15) is 8.42 Å². The number of hydrogen-bond acceptors (Lipinski definition) is 3. The van der Waals surface area contributed by atoms with Crippen molar-refractivity contribution in [2.45, 2.75) is 43.2 Å². The molecular weight excluding hydrogens is 380 g/mol. The van der Waals surface area contributed by atoms with Gasteiger partial charge in [0.2, 0.25) is 10.0 Å². The van der Waals surface area contributed by atoms with Crippen molar-refractivity contribution in [3.05, 3.63) is 64.7 Å². The molecule has 2 fully saturated rings. The summed E-state index contributed by atoms with van der Waals surface area (Å²) in [5, 5.41) is 0.493. The van der Waals surface area contributed by atoms with E-state index < -0.39 is 10.0 Å². The molecule has 1 aliphatic carbocycles. The van der Waals surface area contributed by atoms with Crippen LogP contribution in [0.1, 0.15) is 24.0 Å². The van der Waals surface area contributed by atoms with Crippen molar-refractivity contribution < 1.29 is 8.42 Å². The third-order valence-electron chi connectivity index (χ3n) is 5.64. The molecule has 1 saturated carbocycles. The van der Waals surface area contributed by atoms with E-state index in [-0.39, 0.29) is 6.04 Å². The first-order valence-corrected chi connectivity index (χ1v) is 11.3. The minimum atomic E-state index is -3.59. The third-order valence-corrected chi connectivity index (χ3v) is 8.15. The molecule has 0 bridgehead atoms. The highest BCUT2D eigenvalue weighted by molar-refractivity contribution is 7.89. The van der Waals surface area contributed by atoms with Crippen LogP contribution in [0.3, 0.4) is 0 Å². The van der Waals surface area contributed by atoms with Gasteiger partial charge in [-0.15, -0.1) is 0 Å². The van der Waals surface area contributed by atoms with Gasteiger partial charge in [0.1, 0.15) is 0 Å². The average Bonchev–Trinajstić information content (AvgIpc) is 3.50. The number of sulfonamides is 1. The van der Waals surface area contributed by atoms with Gasteiger partial charge in [-0.2, -0.15) is 4.31 Å². The predicted molar refractivity (Wildman–Crippen MR) is 109 cm³/mol. The molecule has 0 spiro atoms. The first-order chi connectivity index (χ1) is 13.0. The van der Waals surface area contributed by atoms with E-state index in [0.717, 1.165) is 19.5 Å². The number of nitrogens with zero attached hydrogens (tertiary/aromatic N) is 2. The fourth-order valence-corrected chi connectivity index (χ4v) is 6.08. The summed E-state index contributed by atoms with van der Waals surface area (Å²) in [6.07, 6.45) is 3.19. The maximum atomic E-state index is 13.5. The van der Waals surface area contributed by atoms with Gasteiger partial charge in [-0.3, -0.25) is 4.90 Å². The van der Waals surface area contributed by atoms with E-state index in [1.165, 1.54) is 18.4 Å². The van der Waals surface area contributed by atoms with Gasteiger partial charge < -0.3 is 0 Å². The van der Waals surface area contributed by atoms with Gasteiger partial charge in [0.25, 0.3) is 0 Å². The maximum absolute atomic E-state index is 13.5. The molecule has 1 unspecified atom stereocenters. The van der Waals surface area contributed by atoms with Crippen molar-refractivity contribution in [2.24, 2.45) is 0 Å². The van der Waals surface area contributed by atoms with Crippen LogP contribution in [-0.4, -0.2) is 49.3 Å². The van der Waals surface area contributed by atoms with Crippen LogP contribution in [0.2, 0.25) is 5.02 Å². The molecule has 2 aliphatic rings. The number of piperazine rings is 1. The minimum absolute atomic E-state index is 0.0647. The molecule has 144 valence electrons. The van der Waals surface area contributed by atoms with Gasteiger partial charge >= 0.3 is 0 Å². The van der Waals surface area contributed by atoms with Crippen molar-refractivity contribution in [1.29, 1.82) is 0 Å². The first-order valence-electron chi connectivity index (χ1n) is 9.52. The van der Waals surface area contributed by atoms with Gasteiger partial charge in [0.05, 0.1) is 4.90 Å². The van der Waals surface area contributed by atoms with Gasteiger partial charge in [-0.1, -0.05) is 48.0 Å². The van der Waals surface area contributed by atoms with Crippen LogP contribution in [0, 0.1) is 6.92 Å². The normalized spacial score (nSPS) is 22.1. The molecule has 4 rings (SSSR count). The van der Waals surface area contributed by atoms with Crippen molar-refractivity contribution >= 4 is 21.6 Å². The predicted octanol–water partition coefficient (Wildman–Crippen LogP) is 3.73. The maximum Gasteiger partial charge on any atom is 0.243 e. The average molecular weight is 405 g/mol. The fourth-order valence-electron chi connectivity index (χ4n) is 4.00. The van der Waals surface area contributed by atoms with Gasteiger partial charge in [-0.25, -0.2) is 8.42 Å². The Morgan fingerprint density at radius 3 is 2.48 bits per heavy atom. The lowest BCUT2D eigenvalue weighted by molar-refractivity contribution is 0.128. The molecule has 0 amide bonds. The summed E-state index contributed by atoms with van der Waals surface area (Å²) in [7, 11) is -3.59. The largest absolute Gasteiger partial charge is 0.297 e. The highest BCUT2D eigenvalue weighted by Crippen LogP contribution is 2.33. The molecule has 6 heteroatoms. The number of benzene rings is 2. The van der Waals surface area contributed by atoms with Crippen molar-refractivity contribution in [3.63, 3.8) is 0 Å². The standard InChI is InChI=1S/C21H25ClN2O2S/c1-16-20(22)8-5-9-21(16)27(25,26)24-13-12-23(18-10-11-18)15-19(24)14-17-6-3-2-4-7-17/h2-9,18-19H,10-15H2,1H3. The van der Waals surface area contributed by atoms with Gasteiger partial charge in [0, 0.05) is 36.7 Å². The first kappa shape index (κ1) is 18.9. The monoisotopic (exact) mass is 404 g/mol. The lowest BCUT2D eigenvalue weighted by Gasteiger charge is -2.41. The summed E-state index contributed by atoms with van der Waals surface area (Å²) in [5.74, 6) is 0. The van der Waals surface area contributed by atoms with Crippen LogP contribution in [0.5, 0.6) is 0 Å². The van der Waals surface area contributed by atoms with E-state index in [1.807, 2.05) is 18.2 Å². The summed E-state index contributed by atoms with van der Waals surface area (Å²) in [5.41, 5.74) is 1.80. The van der Waals surface area contributed by atoms with Crippen molar-refractivity contribution in [2.75, 3.05) is 19.6 Å². The summed E-state index contributed by atoms with van der Waals surface area (Å²) in [4.78, 5) is 2.79. The fraction of sp³-hybridized carbons (Fsp3) is 0.429. The van der Waals surface area contributed by atoms with Crippen LogP contribution in [0.4, 0.5) is 0 Å². The molecular formula is C21H25ClN2O2S. The van der Waals surface area contributed by atoms with Gasteiger partial charge in [0.15, 0.2) is 0 Å². The van der Waals surface area contributed by atoms with Crippen LogP contribution in [0.15, 0.2) is 53.4 Å². The minimum Gasteiger partial charge on any atom is -0.297 e. The summed E-state index contributed by atoms with van der Waals surface area (Å²) in [6, 6.07) is 15.9. The van der Waals surface area contributed by atoms with E-state index in [1.54, 1.807) is 29.4 Å². The zero-order valence-corrected chi connectivity index (χ0v) is 17.1. The Morgan fingerprint density at radius 2 is 1.78 bits per heavy atom. The Kier molecular flexibility index (Phi) is 5.30. The van der Waals surface area contributed by atoms with Gasteiger partial charge in [-0.05, 0) is 49.4 Å². The van der Waals surface area contributed by atoms with Crippen LogP contribution in [-0.2, 0) is 16.4 Å². The molecule has 2 aromatic carbocycles. The summed E-state index contributed by atoms with van der Waals surface area (Å²) < 4.78 is 28.7. The van der Waals surface area contributed by atoms with E-state index >= 15 is 0 Å². The Balaban J connectivity index is 1.66. The van der Waals surface area contributed by atoms with E-state index in [2.05, 4.69) is 17.0 Å². The van der Waals surface area contributed by atoms with E-state index in [0.29, 0.717) is 28.1 Å². The molecule has 0 radical (unpaired) electrons. The van der Waals surface area contributed by atoms with Crippen LogP contribution >= 0.6 is 11.6 Å². The second-order valence-corrected chi connectivity index (χ2v) is 9.81. The number of hydrogen-bond donors (Lipinski definition) is 0. The highest BCUT2D eigenvalue weighted by atomic mass is 35.5. The summed E-state index contributed by atoms with van der Waals surface area (Å²) >= 11 is 6.21. The summed E-state index contributed by atoms with van der Waals surface area (Å²) in [6.45, 7) is 3.90. The Morgan fingerprint density at radius 1 is 1.04 bits per heavy atom. The lowest BCUT2D eigenvalue weighted by Crippen LogP contribution is -2.56. The molecule has 1 aliphatic heterocycles. The molecule has 1 atom stereocenters. The second kappa shape index (κ2) is 7.55. The zero-order valence-electron chi connectivity index (χ0n) is 15.5. The number of halogens is 1. The molecule has 0 aromatic heterocycles. The quantitative estimate of drug-likeness (QED) is 0.762. The van der Waals surface area contributed by atoms with Crippen molar-refractivity contribution in [1.82, 2.24) is 9.21 Å². The van der Waals surface area contributed by atoms with Crippen molar-refractivity contribution in [3.8, 4) is 0 Å². The molecule has 1 heterocycles. The Hall–Kier alpha value is -1.40. The highest BCUT2D eigenvalue weighted by Gasteiger charge is 2.40. The Bertz CT molecular complexity index is 913. The Labute approximate surface area is 166 Å². The third kappa shape index (κ3) is 3.92. The topological polar surface area (TPSA) is 40.6 Å². The molecule has 0 N–H and O–H groups in total.